The van der Waals surface area contributed by atoms with E-state index in [1.165, 1.54) is 27.8 Å². The Morgan fingerprint density at radius 3 is 1.83 bits per heavy atom. The fourth-order valence-electron chi connectivity index (χ4n) is 2.81. The summed E-state index contributed by atoms with van der Waals surface area (Å²) < 4.78 is 0. The third kappa shape index (κ3) is 2.39. The summed E-state index contributed by atoms with van der Waals surface area (Å²) in [7, 11) is 0. The maximum atomic E-state index is 2.45. The van der Waals surface area contributed by atoms with Gasteiger partial charge in [-0.05, 0) is 46.4 Å². The Morgan fingerprint density at radius 1 is 0.833 bits per heavy atom. The Labute approximate surface area is 112 Å². The molecule has 98 valence electrons. The fraction of sp³-hybridized carbons (Fsp3) is 0.556. The van der Waals surface area contributed by atoms with E-state index >= 15 is 0 Å². The Hall–Kier alpha value is -1.04. The van der Waals surface area contributed by atoms with Crippen LogP contribution in [0.25, 0.3) is 6.08 Å². The summed E-state index contributed by atoms with van der Waals surface area (Å²) in [5, 5.41) is 0. The van der Waals surface area contributed by atoms with Crippen molar-refractivity contribution in [2.24, 2.45) is 0 Å². The number of rotatable bonds is 0. The van der Waals surface area contributed by atoms with E-state index in [1.807, 2.05) is 0 Å². The number of hydrogen-bond acceptors (Lipinski definition) is 0. The zero-order chi connectivity index (χ0) is 13.7. The molecule has 0 atom stereocenters. The molecule has 0 bridgehead atoms. The molecule has 0 amide bonds. The van der Waals surface area contributed by atoms with Gasteiger partial charge in [0.1, 0.15) is 0 Å². The van der Waals surface area contributed by atoms with Gasteiger partial charge in [-0.2, -0.15) is 0 Å². The highest BCUT2D eigenvalue weighted by Crippen LogP contribution is 2.38. The summed E-state index contributed by atoms with van der Waals surface area (Å²) in [6.07, 6.45) is 3.47. The lowest BCUT2D eigenvalue weighted by atomic mass is 9.74. The molecule has 18 heavy (non-hydrogen) atoms. The molecule has 0 fully saturated rings. The van der Waals surface area contributed by atoms with Crippen LogP contribution in [0.5, 0.6) is 0 Å². The second kappa shape index (κ2) is 3.98. The van der Waals surface area contributed by atoms with Crippen LogP contribution < -0.4 is 0 Å². The zero-order valence-electron chi connectivity index (χ0n) is 12.9. The van der Waals surface area contributed by atoms with Gasteiger partial charge < -0.3 is 0 Å². The minimum Gasteiger partial charge on any atom is -0.0683 e. The molecule has 1 aliphatic rings. The topological polar surface area (TPSA) is 0 Å². The molecule has 0 spiro atoms. The van der Waals surface area contributed by atoms with E-state index in [9.17, 15) is 0 Å². The molecule has 0 heterocycles. The molecule has 0 saturated carbocycles. The minimum absolute atomic E-state index is 0.210. The maximum absolute atomic E-state index is 2.45. The van der Waals surface area contributed by atoms with Gasteiger partial charge in [0.15, 0.2) is 0 Å². The van der Waals surface area contributed by atoms with Crippen molar-refractivity contribution in [3.8, 4) is 0 Å². The van der Waals surface area contributed by atoms with Gasteiger partial charge in [-0.1, -0.05) is 65.3 Å². The van der Waals surface area contributed by atoms with Gasteiger partial charge in [0, 0.05) is 0 Å². The SMILES string of the molecule is CC1=Cc2cc(C(C)(C)C)c(C(C)(C)C)cc2C1. The third-order valence-corrected chi connectivity index (χ3v) is 3.77. The molecule has 0 nitrogen and oxygen atoms in total. The minimum atomic E-state index is 0.210. The molecule has 2 rings (SSSR count). The van der Waals surface area contributed by atoms with Crippen molar-refractivity contribution in [2.45, 2.75) is 65.7 Å². The lowest BCUT2D eigenvalue weighted by Crippen LogP contribution is -2.22. The Kier molecular flexibility index (Phi) is 2.96. The molecule has 0 N–H and O–H groups in total. The number of hydrogen-bond donors (Lipinski definition) is 0. The largest absolute Gasteiger partial charge is 0.0683 e. The predicted octanol–water partition coefficient (Wildman–Crippen LogP) is 5.24. The van der Waals surface area contributed by atoms with Crippen LogP contribution in [0.1, 0.15) is 70.7 Å². The molecular weight excluding hydrogens is 216 g/mol. The smallest absolute Gasteiger partial charge is 0.00605 e. The first-order valence-corrected chi connectivity index (χ1v) is 6.94. The molecule has 0 heteroatoms. The van der Waals surface area contributed by atoms with E-state index in [-0.39, 0.29) is 10.8 Å². The number of fused-ring (bicyclic) bond motifs is 1. The lowest BCUT2D eigenvalue weighted by molar-refractivity contribution is 0.529. The van der Waals surface area contributed by atoms with E-state index in [0.29, 0.717) is 0 Å². The van der Waals surface area contributed by atoms with Crippen molar-refractivity contribution >= 4 is 6.08 Å². The van der Waals surface area contributed by atoms with Crippen molar-refractivity contribution in [1.82, 2.24) is 0 Å². The van der Waals surface area contributed by atoms with E-state index in [1.54, 1.807) is 0 Å². The molecule has 1 aromatic rings. The van der Waals surface area contributed by atoms with Crippen molar-refractivity contribution in [2.75, 3.05) is 0 Å². The van der Waals surface area contributed by atoms with Gasteiger partial charge in [0.2, 0.25) is 0 Å². The molecular formula is C18H26. The highest BCUT2D eigenvalue weighted by molar-refractivity contribution is 5.66. The normalized spacial score (nSPS) is 15.6. The predicted molar refractivity (Wildman–Crippen MR) is 81.2 cm³/mol. The average Bonchev–Trinajstić information content (AvgIpc) is 2.52. The Balaban J connectivity index is 2.66. The molecule has 0 saturated heterocycles. The number of benzene rings is 1. The highest BCUT2D eigenvalue weighted by atomic mass is 14.3. The molecule has 0 unspecified atom stereocenters. The zero-order valence-corrected chi connectivity index (χ0v) is 12.9. The third-order valence-electron chi connectivity index (χ3n) is 3.77. The van der Waals surface area contributed by atoms with E-state index in [0.717, 1.165) is 6.42 Å². The van der Waals surface area contributed by atoms with E-state index in [2.05, 4.69) is 66.7 Å². The van der Waals surface area contributed by atoms with Gasteiger partial charge in [0.25, 0.3) is 0 Å². The van der Waals surface area contributed by atoms with Crippen LogP contribution in [0.3, 0.4) is 0 Å². The molecule has 1 aliphatic carbocycles. The average molecular weight is 242 g/mol. The van der Waals surface area contributed by atoms with Gasteiger partial charge in [-0.25, -0.2) is 0 Å². The molecule has 1 aromatic carbocycles. The standard InChI is InChI=1S/C18H26/c1-12-8-13-10-15(17(2,3)4)16(18(5,6)7)11-14(13)9-12/h8,10-11H,9H2,1-7H3. The van der Waals surface area contributed by atoms with Crippen LogP contribution in [-0.4, -0.2) is 0 Å². The first-order chi connectivity index (χ1) is 8.09. The van der Waals surface area contributed by atoms with E-state index < -0.39 is 0 Å². The molecule has 0 radical (unpaired) electrons. The summed E-state index contributed by atoms with van der Waals surface area (Å²) in [4.78, 5) is 0. The monoisotopic (exact) mass is 242 g/mol. The quantitative estimate of drug-likeness (QED) is 0.583. The van der Waals surface area contributed by atoms with Crippen LogP contribution in [0.15, 0.2) is 17.7 Å². The Morgan fingerprint density at radius 2 is 1.33 bits per heavy atom. The van der Waals surface area contributed by atoms with Crippen molar-refractivity contribution < 1.29 is 0 Å². The second-order valence-electron chi connectivity index (χ2n) is 7.76. The summed E-state index contributed by atoms with van der Waals surface area (Å²) in [6.45, 7) is 16.1. The molecule has 0 aliphatic heterocycles. The first-order valence-electron chi connectivity index (χ1n) is 6.94. The molecule has 0 aromatic heterocycles. The second-order valence-corrected chi connectivity index (χ2v) is 7.76. The lowest BCUT2D eigenvalue weighted by Gasteiger charge is -2.31. The van der Waals surface area contributed by atoms with Gasteiger partial charge in [-0.3, -0.25) is 0 Å². The van der Waals surface area contributed by atoms with Crippen LogP contribution in [-0.2, 0) is 17.3 Å². The first kappa shape index (κ1) is 13.4. The fourth-order valence-corrected chi connectivity index (χ4v) is 2.81. The summed E-state index contributed by atoms with van der Waals surface area (Å²) >= 11 is 0. The van der Waals surface area contributed by atoms with Crippen molar-refractivity contribution in [3.05, 3.63) is 40.0 Å². The summed E-state index contributed by atoms with van der Waals surface area (Å²) in [6, 6.07) is 4.87. The van der Waals surface area contributed by atoms with Crippen molar-refractivity contribution in [1.29, 1.82) is 0 Å². The summed E-state index contributed by atoms with van der Waals surface area (Å²) in [5.74, 6) is 0. The highest BCUT2D eigenvalue weighted by Gasteiger charge is 2.27. The summed E-state index contributed by atoms with van der Waals surface area (Å²) in [5.41, 5.74) is 7.86. The number of allylic oxidation sites excluding steroid dienone is 1. The van der Waals surface area contributed by atoms with Gasteiger partial charge in [-0.15, -0.1) is 0 Å². The van der Waals surface area contributed by atoms with Crippen LogP contribution in [0, 0.1) is 0 Å². The van der Waals surface area contributed by atoms with Crippen LogP contribution in [0.2, 0.25) is 0 Å². The maximum Gasteiger partial charge on any atom is -0.00605 e. The van der Waals surface area contributed by atoms with Crippen LogP contribution in [0.4, 0.5) is 0 Å². The van der Waals surface area contributed by atoms with E-state index in [4.69, 9.17) is 0 Å². The van der Waals surface area contributed by atoms with Gasteiger partial charge >= 0.3 is 0 Å². The van der Waals surface area contributed by atoms with Crippen LogP contribution >= 0.6 is 0 Å². The van der Waals surface area contributed by atoms with Crippen molar-refractivity contribution in [3.63, 3.8) is 0 Å². The van der Waals surface area contributed by atoms with Gasteiger partial charge in [0.05, 0.1) is 0 Å². The Bertz CT molecular complexity index is 502.